The fourth-order valence-corrected chi connectivity index (χ4v) is 3.48. The summed E-state index contributed by atoms with van der Waals surface area (Å²) >= 11 is 3.17. The number of nitrogen functional groups attached to an aromatic ring is 2. The number of aromatic nitrogens is 2. The number of imidazole rings is 1. The topological polar surface area (TPSA) is 145 Å². The van der Waals surface area contributed by atoms with Crippen LogP contribution in [-0.2, 0) is 10.8 Å². The molecule has 0 saturated carbocycles. The molecule has 1 aromatic rings. The third kappa shape index (κ3) is 2.41. The molecular weight excluding hydrogens is 340 g/mol. The third-order valence-corrected chi connectivity index (χ3v) is 4.75. The molecule has 1 fully saturated rings. The number of nitrogens with two attached hydrogens (primary N) is 2. The van der Waals surface area contributed by atoms with Gasteiger partial charge in [0.05, 0.1) is 6.04 Å². The number of hydrogen-bond acceptors (Lipinski definition) is 6. The summed E-state index contributed by atoms with van der Waals surface area (Å²) in [6.07, 6.45) is 0. The van der Waals surface area contributed by atoms with Crippen molar-refractivity contribution in [3.05, 3.63) is 16.1 Å². The molecule has 0 spiro atoms. The van der Waals surface area contributed by atoms with Crippen LogP contribution in [0.25, 0.3) is 0 Å². The Balaban J connectivity index is 2.52. The molecule has 2 amide bonds. The predicted octanol–water partition coefficient (Wildman–Crippen LogP) is -1.84. The molecule has 0 aliphatic carbocycles. The number of nitrogens with one attached hydrogen (secondary N) is 2. The molecule has 19 heavy (non-hydrogen) atoms. The minimum absolute atomic E-state index is 0.0148. The Labute approximate surface area is 118 Å². The van der Waals surface area contributed by atoms with E-state index in [2.05, 4.69) is 20.9 Å². The van der Waals surface area contributed by atoms with Crippen molar-refractivity contribution in [1.29, 1.82) is 0 Å². The molecule has 6 N–H and O–H groups in total. The van der Waals surface area contributed by atoms with Crippen molar-refractivity contribution < 1.29 is 13.8 Å². The van der Waals surface area contributed by atoms with Crippen LogP contribution in [0.2, 0.25) is 0 Å². The first kappa shape index (κ1) is 14.1. The van der Waals surface area contributed by atoms with Gasteiger partial charge in [-0.1, -0.05) is 0 Å². The average Bonchev–Trinajstić information content (AvgIpc) is 2.70. The smallest absolute Gasteiger partial charge is 0.286 e. The molecule has 1 aliphatic rings. The Morgan fingerprint density at radius 2 is 1.89 bits per heavy atom. The molecule has 1 aromatic heterocycles. The van der Waals surface area contributed by atoms with Crippen LogP contribution in [0.1, 0.15) is 27.0 Å². The maximum absolute atomic E-state index is 11.8. The summed E-state index contributed by atoms with van der Waals surface area (Å²) in [5.74, 6) is 9.55. The number of hydrazine groups is 2. The van der Waals surface area contributed by atoms with Crippen molar-refractivity contribution in [2.75, 3.05) is 11.5 Å². The summed E-state index contributed by atoms with van der Waals surface area (Å²) in [5, 5.41) is 0. The fraction of sp³-hybridized carbons (Fsp3) is 0.375. The monoisotopic (exact) mass is 350 g/mol. The van der Waals surface area contributed by atoms with Gasteiger partial charge in [0.2, 0.25) is 0 Å². The molecule has 2 heterocycles. The van der Waals surface area contributed by atoms with Crippen LogP contribution in [0.5, 0.6) is 0 Å². The van der Waals surface area contributed by atoms with Crippen LogP contribution in [0.4, 0.5) is 0 Å². The van der Waals surface area contributed by atoms with E-state index in [1.165, 1.54) is 4.57 Å². The second kappa shape index (κ2) is 5.36. The molecule has 104 valence electrons. The summed E-state index contributed by atoms with van der Waals surface area (Å²) in [4.78, 5) is 27.4. The van der Waals surface area contributed by atoms with Crippen molar-refractivity contribution in [3.63, 3.8) is 0 Å². The third-order valence-electron chi connectivity index (χ3n) is 2.68. The van der Waals surface area contributed by atoms with Gasteiger partial charge in [0.25, 0.3) is 11.8 Å². The summed E-state index contributed by atoms with van der Waals surface area (Å²) in [7, 11) is -0.915. The van der Waals surface area contributed by atoms with Crippen LogP contribution < -0.4 is 22.5 Å². The first-order valence-electron chi connectivity index (χ1n) is 5.14. The second-order valence-electron chi connectivity index (χ2n) is 3.82. The van der Waals surface area contributed by atoms with Gasteiger partial charge >= 0.3 is 0 Å². The Hall–Kier alpha value is -1.30. The molecule has 11 heteroatoms. The zero-order valence-electron chi connectivity index (χ0n) is 9.55. The van der Waals surface area contributed by atoms with Gasteiger partial charge in [0.15, 0.2) is 10.4 Å². The summed E-state index contributed by atoms with van der Waals surface area (Å²) in [6.45, 7) is 0. The van der Waals surface area contributed by atoms with E-state index in [9.17, 15) is 13.8 Å². The van der Waals surface area contributed by atoms with E-state index in [-0.39, 0.29) is 22.2 Å². The highest BCUT2D eigenvalue weighted by molar-refractivity contribution is 9.10. The van der Waals surface area contributed by atoms with Gasteiger partial charge in [-0.15, -0.1) is 0 Å². The Bertz CT molecular complexity index is 565. The maximum Gasteiger partial charge on any atom is 0.286 e. The molecule has 0 aromatic carbocycles. The van der Waals surface area contributed by atoms with Gasteiger partial charge in [0.1, 0.15) is 5.69 Å². The average molecular weight is 351 g/mol. The number of amides is 2. The lowest BCUT2D eigenvalue weighted by Gasteiger charge is -2.28. The van der Waals surface area contributed by atoms with Gasteiger partial charge < -0.3 is 4.57 Å². The minimum atomic E-state index is -0.915. The lowest BCUT2D eigenvalue weighted by atomic mass is 10.2. The number of rotatable bonds is 3. The molecule has 1 saturated heterocycles. The molecule has 0 atom stereocenters. The second-order valence-corrected chi connectivity index (χ2v) is 6.08. The van der Waals surface area contributed by atoms with E-state index in [1.807, 2.05) is 10.9 Å². The van der Waals surface area contributed by atoms with Gasteiger partial charge in [0, 0.05) is 22.3 Å². The quantitative estimate of drug-likeness (QED) is 0.286. The number of halogens is 1. The largest absolute Gasteiger partial charge is 0.309 e. The van der Waals surface area contributed by atoms with E-state index in [0.29, 0.717) is 11.5 Å². The van der Waals surface area contributed by atoms with E-state index >= 15 is 0 Å². The SMILES string of the molecule is NNC(=O)c1nc(Br)n(C2CS(=O)C2)c1C(=O)NN. The van der Waals surface area contributed by atoms with Crippen LogP contribution >= 0.6 is 15.9 Å². The summed E-state index contributed by atoms with van der Waals surface area (Å²) in [5.41, 5.74) is 3.70. The standard InChI is InChI=1S/C8H11BrN6O3S/c9-8-12-4(6(16)13-10)5(7(17)14-11)15(8)3-1-19(18)2-3/h3H,1-2,10-11H2,(H,13,16)(H,14,17). The minimum Gasteiger partial charge on any atom is -0.309 e. The maximum atomic E-state index is 11.8. The first-order valence-corrected chi connectivity index (χ1v) is 7.42. The highest BCUT2D eigenvalue weighted by Gasteiger charge is 2.35. The highest BCUT2D eigenvalue weighted by atomic mass is 79.9. The molecule has 0 radical (unpaired) electrons. The molecular formula is C8H11BrN6O3S. The molecule has 2 rings (SSSR count). The highest BCUT2D eigenvalue weighted by Crippen LogP contribution is 2.28. The van der Waals surface area contributed by atoms with E-state index < -0.39 is 22.6 Å². The van der Waals surface area contributed by atoms with Crippen LogP contribution in [0, 0.1) is 0 Å². The van der Waals surface area contributed by atoms with Gasteiger partial charge in [-0.25, -0.2) is 16.7 Å². The van der Waals surface area contributed by atoms with E-state index in [0.717, 1.165) is 0 Å². The molecule has 0 unspecified atom stereocenters. The van der Waals surface area contributed by atoms with Crippen LogP contribution in [0.3, 0.4) is 0 Å². The summed E-state index contributed by atoms with van der Waals surface area (Å²) in [6, 6.07) is -0.172. The van der Waals surface area contributed by atoms with Crippen molar-refractivity contribution in [2.24, 2.45) is 11.7 Å². The van der Waals surface area contributed by atoms with Crippen LogP contribution in [0.15, 0.2) is 4.73 Å². The van der Waals surface area contributed by atoms with Crippen molar-refractivity contribution >= 4 is 38.5 Å². The van der Waals surface area contributed by atoms with Gasteiger partial charge in [-0.05, 0) is 15.9 Å². The number of carbonyl (C=O) groups excluding carboxylic acids is 2. The number of carbonyl (C=O) groups is 2. The molecule has 9 nitrogen and oxygen atoms in total. The van der Waals surface area contributed by atoms with E-state index in [1.54, 1.807) is 0 Å². The predicted molar refractivity (Wildman–Crippen MR) is 70.1 cm³/mol. The van der Waals surface area contributed by atoms with Gasteiger partial charge in [-0.2, -0.15) is 0 Å². The lowest BCUT2D eigenvalue weighted by molar-refractivity contribution is 0.0910. The Morgan fingerprint density at radius 3 is 2.37 bits per heavy atom. The number of hydrogen-bond donors (Lipinski definition) is 4. The van der Waals surface area contributed by atoms with Crippen molar-refractivity contribution in [3.8, 4) is 0 Å². The Kier molecular flexibility index (Phi) is 3.99. The fourth-order valence-electron chi connectivity index (χ4n) is 1.78. The van der Waals surface area contributed by atoms with Crippen molar-refractivity contribution in [2.45, 2.75) is 6.04 Å². The lowest BCUT2D eigenvalue weighted by Crippen LogP contribution is -2.40. The van der Waals surface area contributed by atoms with Crippen molar-refractivity contribution in [1.82, 2.24) is 20.4 Å². The van der Waals surface area contributed by atoms with Gasteiger partial charge in [-0.3, -0.25) is 24.6 Å². The molecule has 0 bridgehead atoms. The summed E-state index contributed by atoms with van der Waals surface area (Å²) < 4.78 is 13.0. The molecule has 1 aliphatic heterocycles. The normalized spacial score (nSPS) is 21.6. The Morgan fingerprint density at radius 1 is 1.32 bits per heavy atom. The zero-order chi connectivity index (χ0) is 14.2. The zero-order valence-corrected chi connectivity index (χ0v) is 12.0. The number of nitrogens with zero attached hydrogens (tertiary/aromatic N) is 2. The van der Waals surface area contributed by atoms with E-state index in [4.69, 9.17) is 11.7 Å². The van der Waals surface area contributed by atoms with Crippen LogP contribution in [-0.4, -0.2) is 37.1 Å². The first-order chi connectivity index (χ1) is 8.99.